The summed E-state index contributed by atoms with van der Waals surface area (Å²) in [5, 5.41) is 9.96. The molecule has 3 aliphatic rings. The number of rotatable bonds is 4. The molecule has 5 unspecified atom stereocenters. The van der Waals surface area contributed by atoms with Gasteiger partial charge in [-0.15, -0.1) is 4.67 Å². The molecule has 1 aliphatic heterocycles. The molecule has 2 saturated carbocycles. The summed E-state index contributed by atoms with van der Waals surface area (Å²) >= 11 is 0. The number of hydrogen-bond acceptors (Lipinski definition) is 4. The van der Waals surface area contributed by atoms with Crippen molar-refractivity contribution in [3.63, 3.8) is 0 Å². The molecular weight excluding hydrogens is 355 g/mol. The SMILES string of the molecule is CC(C)N1C2C3CCC(C)(C2O[P+]1([O-])[C@@H](C#N)Cc1ccccc1)C3(C)C. The van der Waals surface area contributed by atoms with E-state index in [9.17, 15) is 10.2 Å². The van der Waals surface area contributed by atoms with Gasteiger partial charge in [-0.25, -0.2) is 4.52 Å². The quantitative estimate of drug-likeness (QED) is 0.729. The van der Waals surface area contributed by atoms with Gasteiger partial charge in [0.25, 0.3) is 0 Å². The summed E-state index contributed by atoms with van der Waals surface area (Å²) in [6, 6.07) is 12.5. The highest BCUT2D eigenvalue weighted by Gasteiger charge is 2.76. The summed E-state index contributed by atoms with van der Waals surface area (Å²) in [5.41, 5.74) is 0.605. The number of hydrogen-bond donors (Lipinski definition) is 0. The van der Waals surface area contributed by atoms with Crippen LogP contribution in [-0.2, 0) is 10.9 Å². The van der Waals surface area contributed by atoms with Crippen LogP contribution in [0.25, 0.3) is 0 Å². The van der Waals surface area contributed by atoms with Gasteiger partial charge in [-0.2, -0.15) is 5.26 Å². The fourth-order valence-electron chi connectivity index (χ4n) is 6.13. The van der Waals surface area contributed by atoms with Crippen LogP contribution in [0.1, 0.15) is 53.0 Å². The van der Waals surface area contributed by atoms with Gasteiger partial charge in [0.05, 0.1) is 6.04 Å². The first kappa shape index (κ1) is 19.3. The third-order valence-corrected chi connectivity index (χ3v) is 10.9. The molecular formula is C22H31N2O2P. The molecule has 5 heteroatoms. The van der Waals surface area contributed by atoms with E-state index < -0.39 is 13.5 Å². The number of benzene rings is 1. The molecule has 4 rings (SSSR count). The predicted octanol–water partition coefficient (Wildman–Crippen LogP) is 4.18. The zero-order valence-corrected chi connectivity index (χ0v) is 17.9. The van der Waals surface area contributed by atoms with Gasteiger partial charge in [0.1, 0.15) is 12.2 Å². The van der Waals surface area contributed by atoms with Crippen molar-refractivity contribution in [1.29, 1.82) is 5.26 Å². The Morgan fingerprint density at radius 1 is 1.30 bits per heavy atom. The third-order valence-electron chi connectivity index (χ3n) is 7.96. The van der Waals surface area contributed by atoms with Crippen LogP contribution in [-0.4, -0.2) is 28.5 Å². The second-order valence-electron chi connectivity index (χ2n) is 9.67. The Balaban J connectivity index is 1.72. The maximum absolute atomic E-state index is 14.3. The first-order chi connectivity index (χ1) is 12.7. The Hall–Kier alpha value is -0.980. The van der Waals surface area contributed by atoms with E-state index in [1.807, 2.05) is 30.3 Å². The smallest absolute Gasteiger partial charge is 0.196 e. The molecule has 2 bridgehead atoms. The molecule has 1 heterocycles. The van der Waals surface area contributed by atoms with E-state index in [1.54, 1.807) is 0 Å². The molecule has 27 heavy (non-hydrogen) atoms. The lowest BCUT2D eigenvalue weighted by atomic mass is 9.70. The summed E-state index contributed by atoms with van der Waals surface area (Å²) in [5.74, 6) is 0.474. The Morgan fingerprint density at radius 3 is 2.56 bits per heavy atom. The summed E-state index contributed by atoms with van der Waals surface area (Å²) in [6.07, 6.45) is 2.72. The van der Waals surface area contributed by atoms with E-state index in [-0.39, 0.29) is 29.0 Å². The van der Waals surface area contributed by atoms with Gasteiger partial charge in [-0.3, -0.25) is 0 Å². The molecule has 6 atom stereocenters. The minimum absolute atomic E-state index is 0.0222. The Bertz CT molecular complexity index is 761. The lowest BCUT2D eigenvalue weighted by Crippen LogP contribution is -2.47. The third kappa shape index (κ3) is 2.49. The first-order valence-electron chi connectivity index (χ1n) is 10.2. The minimum atomic E-state index is -3.25. The van der Waals surface area contributed by atoms with Gasteiger partial charge in [0.15, 0.2) is 13.5 Å². The molecule has 0 amide bonds. The molecule has 1 aromatic carbocycles. The van der Waals surface area contributed by atoms with Crippen molar-refractivity contribution >= 4 is 7.87 Å². The Kier molecular flexibility index (Phi) is 4.48. The van der Waals surface area contributed by atoms with E-state index in [1.165, 1.54) is 0 Å². The van der Waals surface area contributed by atoms with Crippen LogP contribution in [0.2, 0.25) is 0 Å². The second kappa shape index (κ2) is 6.26. The number of nitriles is 1. The average molecular weight is 386 g/mol. The van der Waals surface area contributed by atoms with Crippen LogP contribution < -0.4 is 4.89 Å². The lowest BCUT2D eigenvalue weighted by Gasteiger charge is -2.43. The maximum Gasteiger partial charge on any atom is 0.196 e. The maximum atomic E-state index is 14.3. The highest BCUT2D eigenvalue weighted by molar-refractivity contribution is 7.63. The van der Waals surface area contributed by atoms with Crippen molar-refractivity contribution in [1.82, 2.24) is 4.67 Å². The molecule has 2 aliphatic carbocycles. The molecule has 0 radical (unpaired) electrons. The fourth-order valence-corrected chi connectivity index (χ4v) is 9.28. The first-order valence-corrected chi connectivity index (χ1v) is 11.8. The molecule has 1 saturated heterocycles. The van der Waals surface area contributed by atoms with E-state index in [4.69, 9.17) is 4.52 Å². The molecule has 4 nitrogen and oxygen atoms in total. The van der Waals surface area contributed by atoms with Crippen molar-refractivity contribution in [3.05, 3.63) is 35.9 Å². The number of nitrogens with zero attached hydrogens (tertiary/aromatic N) is 2. The van der Waals surface area contributed by atoms with Crippen LogP contribution in [0.3, 0.4) is 0 Å². The Morgan fingerprint density at radius 2 is 1.96 bits per heavy atom. The van der Waals surface area contributed by atoms with Crippen LogP contribution >= 0.6 is 7.87 Å². The zero-order valence-electron chi connectivity index (χ0n) is 17.1. The van der Waals surface area contributed by atoms with Gasteiger partial charge >= 0.3 is 0 Å². The van der Waals surface area contributed by atoms with Crippen molar-refractivity contribution in [2.24, 2.45) is 16.7 Å². The van der Waals surface area contributed by atoms with Crippen LogP contribution in [0.5, 0.6) is 0 Å². The van der Waals surface area contributed by atoms with Crippen LogP contribution in [0.4, 0.5) is 0 Å². The standard InChI is InChI=1S/C22H31N2O2P/c1-15(2)24-19-18-11-12-22(5,21(18,3)4)20(19)26-27(24,25)17(14-23)13-16-9-7-6-8-10-16/h6-10,15,17-20H,11-13H2,1-5H3/t17-,18?,19?,20?,22?,27?/m1/s1. The van der Waals surface area contributed by atoms with Gasteiger partial charge in [-0.05, 0) is 43.6 Å². The minimum Gasteiger partial charge on any atom is -0.640 e. The van der Waals surface area contributed by atoms with Crippen molar-refractivity contribution in [2.75, 3.05) is 0 Å². The van der Waals surface area contributed by atoms with Crippen molar-refractivity contribution < 1.29 is 9.42 Å². The van der Waals surface area contributed by atoms with Crippen molar-refractivity contribution in [3.8, 4) is 6.07 Å². The van der Waals surface area contributed by atoms with Gasteiger partial charge in [0, 0.05) is 17.9 Å². The van der Waals surface area contributed by atoms with E-state index in [0.717, 1.165) is 18.4 Å². The van der Waals surface area contributed by atoms with E-state index in [0.29, 0.717) is 12.3 Å². The molecule has 1 aromatic rings. The van der Waals surface area contributed by atoms with Crippen LogP contribution in [0.15, 0.2) is 30.3 Å². The molecule has 0 spiro atoms. The number of fused-ring (bicyclic) bond motifs is 5. The highest BCUT2D eigenvalue weighted by Crippen LogP contribution is 2.79. The lowest BCUT2D eigenvalue weighted by molar-refractivity contribution is -0.207. The topological polar surface area (TPSA) is 59.3 Å². The van der Waals surface area contributed by atoms with Gasteiger partial charge < -0.3 is 4.89 Å². The molecule has 146 valence electrons. The van der Waals surface area contributed by atoms with E-state index >= 15 is 0 Å². The van der Waals surface area contributed by atoms with E-state index in [2.05, 4.69) is 45.4 Å². The summed E-state index contributed by atoms with van der Waals surface area (Å²) in [6.45, 7) is 11.2. The monoisotopic (exact) mass is 386 g/mol. The zero-order chi connectivity index (χ0) is 19.6. The fraction of sp³-hybridized carbons (Fsp3) is 0.682. The largest absolute Gasteiger partial charge is 0.640 e. The summed E-state index contributed by atoms with van der Waals surface area (Å²) in [4.78, 5) is 14.3. The van der Waals surface area contributed by atoms with Crippen LogP contribution in [0, 0.1) is 28.1 Å². The summed E-state index contributed by atoms with van der Waals surface area (Å²) in [7, 11) is -3.25. The molecule has 3 fully saturated rings. The van der Waals surface area contributed by atoms with Crippen molar-refractivity contribution in [2.45, 2.75) is 77.7 Å². The normalized spacial score (nSPS) is 40.9. The highest BCUT2D eigenvalue weighted by atomic mass is 31.2. The molecule has 0 N–H and O–H groups in total. The predicted molar refractivity (Wildman–Crippen MR) is 107 cm³/mol. The molecule has 0 aromatic heterocycles. The average Bonchev–Trinajstić information content (AvgIpc) is 3.12. The summed E-state index contributed by atoms with van der Waals surface area (Å²) < 4.78 is 8.63. The van der Waals surface area contributed by atoms with Gasteiger partial charge in [-0.1, -0.05) is 51.1 Å². The van der Waals surface area contributed by atoms with Gasteiger partial charge in [0.2, 0.25) is 0 Å². The Labute approximate surface area is 164 Å². The second-order valence-corrected chi connectivity index (χ2v) is 12.1.